The molecule has 8 heteroatoms. The number of amides is 2. The van der Waals surface area contributed by atoms with Gasteiger partial charge in [-0.05, 0) is 48.9 Å². The number of nitro benzene ring substituents is 1. The molecular formula is C26H26N4O4. The summed E-state index contributed by atoms with van der Waals surface area (Å²) in [6.07, 6.45) is 0.421. The SMILES string of the molecule is Cc1cccc(CC(=O)N2CCN(c3ccc(NC(=O)c4ccc([N+](=O)[O-])cc4)cc3)CC2)c1. The summed E-state index contributed by atoms with van der Waals surface area (Å²) in [6.45, 7) is 4.85. The largest absolute Gasteiger partial charge is 0.368 e. The van der Waals surface area contributed by atoms with Crippen LogP contribution in [0.5, 0.6) is 0 Å². The summed E-state index contributed by atoms with van der Waals surface area (Å²) in [4.78, 5) is 39.5. The van der Waals surface area contributed by atoms with Crippen molar-refractivity contribution >= 4 is 28.9 Å². The molecule has 34 heavy (non-hydrogen) atoms. The van der Waals surface area contributed by atoms with Crippen LogP contribution < -0.4 is 10.2 Å². The number of piperazine rings is 1. The minimum absolute atomic E-state index is 0.0575. The lowest BCUT2D eigenvalue weighted by Crippen LogP contribution is -2.49. The molecule has 3 aromatic rings. The maximum Gasteiger partial charge on any atom is 0.269 e. The van der Waals surface area contributed by atoms with Gasteiger partial charge in [0.2, 0.25) is 5.91 Å². The van der Waals surface area contributed by atoms with E-state index < -0.39 is 4.92 Å². The summed E-state index contributed by atoms with van der Waals surface area (Å²) >= 11 is 0. The molecule has 2 amide bonds. The normalized spacial score (nSPS) is 13.4. The molecule has 4 rings (SSSR count). The van der Waals surface area contributed by atoms with Crippen LogP contribution >= 0.6 is 0 Å². The molecule has 0 spiro atoms. The molecule has 1 heterocycles. The van der Waals surface area contributed by atoms with Crippen molar-refractivity contribution in [2.45, 2.75) is 13.3 Å². The van der Waals surface area contributed by atoms with Crippen molar-refractivity contribution in [2.75, 3.05) is 36.4 Å². The number of nitro groups is 1. The van der Waals surface area contributed by atoms with Crippen molar-refractivity contribution in [3.8, 4) is 0 Å². The molecule has 1 saturated heterocycles. The first kappa shape index (κ1) is 23.0. The van der Waals surface area contributed by atoms with Crippen LogP contribution in [0.25, 0.3) is 0 Å². The number of hydrogen-bond acceptors (Lipinski definition) is 5. The van der Waals surface area contributed by atoms with Crippen LogP contribution in [0.1, 0.15) is 21.5 Å². The summed E-state index contributed by atoms with van der Waals surface area (Å²) in [5.41, 5.74) is 4.15. The maximum absolute atomic E-state index is 12.7. The second-order valence-corrected chi connectivity index (χ2v) is 8.34. The molecule has 0 radical (unpaired) electrons. The van der Waals surface area contributed by atoms with Crippen molar-refractivity contribution in [2.24, 2.45) is 0 Å². The zero-order valence-electron chi connectivity index (χ0n) is 18.9. The molecule has 0 atom stereocenters. The molecule has 174 valence electrons. The van der Waals surface area contributed by atoms with Crippen molar-refractivity contribution in [3.63, 3.8) is 0 Å². The molecule has 1 aliphatic heterocycles. The average molecular weight is 459 g/mol. The minimum atomic E-state index is -0.500. The molecule has 1 fully saturated rings. The molecule has 0 unspecified atom stereocenters. The second kappa shape index (κ2) is 10.2. The van der Waals surface area contributed by atoms with Crippen molar-refractivity contribution < 1.29 is 14.5 Å². The highest BCUT2D eigenvalue weighted by Crippen LogP contribution is 2.21. The fraction of sp³-hybridized carbons (Fsp3) is 0.231. The minimum Gasteiger partial charge on any atom is -0.368 e. The van der Waals surface area contributed by atoms with Crippen molar-refractivity contribution in [3.05, 3.63) is 99.6 Å². The van der Waals surface area contributed by atoms with E-state index in [0.29, 0.717) is 30.8 Å². The topological polar surface area (TPSA) is 95.8 Å². The van der Waals surface area contributed by atoms with E-state index in [2.05, 4.69) is 16.3 Å². The van der Waals surface area contributed by atoms with Crippen LogP contribution in [0.3, 0.4) is 0 Å². The van der Waals surface area contributed by atoms with E-state index in [1.165, 1.54) is 24.3 Å². The van der Waals surface area contributed by atoms with Gasteiger partial charge in [-0.15, -0.1) is 0 Å². The van der Waals surface area contributed by atoms with Gasteiger partial charge in [-0.2, -0.15) is 0 Å². The zero-order valence-corrected chi connectivity index (χ0v) is 18.9. The van der Waals surface area contributed by atoms with Crippen LogP contribution in [0.2, 0.25) is 0 Å². The van der Waals surface area contributed by atoms with Crippen LogP contribution in [-0.4, -0.2) is 47.8 Å². The Hall–Kier alpha value is -4.20. The first-order valence-electron chi connectivity index (χ1n) is 11.1. The molecular weight excluding hydrogens is 432 g/mol. The number of hydrogen-bond donors (Lipinski definition) is 1. The van der Waals surface area contributed by atoms with E-state index in [4.69, 9.17) is 0 Å². The third-order valence-corrected chi connectivity index (χ3v) is 5.90. The molecule has 1 N–H and O–H groups in total. The number of carbonyl (C=O) groups excluding carboxylic acids is 2. The summed E-state index contributed by atoms with van der Waals surface area (Å²) in [6, 6.07) is 21.1. The van der Waals surface area contributed by atoms with E-state index in [9.17, 15) is 19.7 Å². The predicted molar refractivity (Wildman–Crippen MR) is 131 cm³/mol. The second-order valence-electron chi connectivity index (χ2n) is 8.34. The molecule has 3 aromatic carbocycles. The molecule has 1 aliphatic rings. The van der Waals surface area contributed by atoms with Gasteiger partial charge in [0, 0.05) is 55.2 Å². The van der Waals surface area contributed by atoms with Gasteiger partial charge in [-0.25, -0.2) is 0 Å². The van der Waals surface area contributed by atoms with E-state index in [-0.39, 0.29) is 17.5 Å². The molecule has 8 nitrogen and oxygen atoms in total. The first-order chi connectivity index (χ1) is 16.4. The van der Waals surface area contributed by atoms with Crippen LogP contribution in [-0.2, 0) is 11.2 Å². The van der Waals surface area contributed by atoms with Gasteiger partial charge in [-0.3, -0.25) is 19.7 Å². The summed E-state index contributed by atoms with van der Waals surface area (Å²) in [5, 5.41) is 13.6. The van der Waals surface area contributed by atoms with Gasteiger partial charge in [0.25, 0.3) is 11.6 Å². The Morgan fingerprint density at radius 1 is 0.941 bits per heavy atom. The average Bonchev–Trinajstić information content (AvgIpc) is 2.84. The molecule has 0 aliphatic carbocycles. The fourth-order valence-electron chi connectivity index (χ4n) is 4.02. The standard InChI is InChI=1S/C26H26N4O4/c1-19-3-2-4-20(17-19)18-25(31)29-15-13-28(14-16-29)23-11-7-22(8-12-23)27-26(32)21-5-9-24(10-6-21)30(33)34/h2-12,17H,13-16,18H2,1H3,(H,27,32). The van der Waals surface area contributed by atoms with Gasteiger partial charge in [0.05, 0.1) is 11.3 Å². The van der Waals surface area contributed by atoms with Crippen molar-refractivity contribution in [1.82, 2.24) is 4.90 Å². The van der Waals surface area contributed by atoms with E-state index in [1.54, 1.807) is 0 Å². The Balaban J connectivity index is 1.29. The molecule has 0 aromatic heterocycles. The van der Waals surface area contributed by atoms with E-state index >= 15 is 0 Å². The first-order valence-corrected chi connectivity index (χ1v) is 11.1. The highest BCUT2D eigenvalue weighted by atomic mass is 16.6. The predicted octanol–water partition coefficient (Wildman–Crippen LogP) is 4.05. The van der Waals surface area contributed by atoms with E-state index in [1.807, 2.05) is 54.3 Å². The number of aryl methyl sites for hydroxylation is 1. The Bertz CT molecular complexity index is 1180. The third-order valence-electron chi connectivity index (χ3n) is 5.90. The third kappa shape index (κ3) is 5.58. The number of nitrogens with zero attached hydrogens (tertiary/aromatic N) is 3. The van der Waals surface area contributed by atoms with Gasteiger partial charge < -0.3 is 15.1 Å². The number of rotatable bonds is 6. The lowest BCUT2D eigenvalue weighted by atomic mass is 10.1. The number of benzene rings is 3. The Morgan fingerprint density at radius 3 is 2.24 bits per heavy atom. The van der Waals surface area contributed by atoms with Gasteiger partial charge in [0.1, 0.15) is 0 Å². The summed E-state index contributed by atoms with van der Waals surface area (Å²) in [7, 11) is 0. The molecule has 0 saturated carbocycles. The van der Waals surface area contributed by atoms with Gasteiger partial charge in [0.15, 0.2) is 0 Å². The summed E-state index contributed by atoms with van der Waals surface area (Å²) in [5.74, 6) is -0.182. The Labute approximate surface area is 198 Å². The Kier molecular flexibility index (Phi) is 6.87. The van der Waals surface area contributed by atoms with Gasteiger partial charge >= 0.3 is 0 Å². The number of carbonyl (C=O) groups is 2. The lowest BCUT2D eigenvalue weighted by molar-refractivity contribution is -0.384. The van der Waals surface area contributed by atoms with Crippen LogP contribution in [0, 0.1) is 17.0 Å². The zero-order chi connectivity index (χ0) is 24.1. The van der Waals surface area contributed by atoms with Gasteiger partial charge in [-0.1, -0.05) is 29.8 Å². The van der Waals surface area contributed by atoms with Crippen molar-refractivity contribution in [1.29, 1.82) is 0 Å². The lowest BCUT2D eigenvalue weighted by Gasteiger charge is -2.36. The Morgan fingerprint density at radius 2 is 1.62 bits per heavy atom. The highest BCUT2D eigenvalue weighted by molar-refractivity contribution is 6.04. The van der Waals surface area contributed by atoms with Crippen LogP contribution in [0.4, 0.5) is 17.1 Å². The maximum atomic E-state index is 12.7. The molecule has 0 bridgehead atoms. The van der Waals surface area contributed by atoms with E-state index in [0.717, 1.165) is 29.9 Å². The number of anilines is 2. The fourth-order valence-corrected chi connectivity index (χ4v) is 4.02. The summed E-state index contributed by atoms with van der Waals surface area (Å²) < 4.78 is 0. The quantitative estimate of drug-likeness (QED) is 0.444. The van der Waals surface area contributed by atoms with Crippen LogP contribution in [0.15, 0.2) is 72.8 Å². The number of nitrogens with one attached hydrogen (secondary N) is 1. The highest BCUT2D eigenvalue weighted by Gasteiger charge is 2.21. The number of non-ortho nitro benzene ring substituents is 1. The smallest absolute Gasteiger partial charge is 0.269 e. The monoisotopic (exact) mass is 458 g/mol.